The van der Waals surface area contributed by atoms with Crippen molar-refractivity contribution in [2.24, 2.45) is 17.4 Å². The lowest BCUT2D eigenvalue weighted by atomic mass is 9.80. The molecule has 1 heterocycles. The Bertz CT molecular complexity index is 1090. The van der Waals surface area contributed by atoms with Crippen molar-refractivity contribution in [3.05, 3.63) is 58.3 Å². The van der Waals surface area contributed by atoms with E-state index in [-0.39, 0.29) is 28.3 Å². The highest BCUT2D eigenvalue weighted by molar-refractivity contribution is 8.00. The number of rotatable bonds is 8. The maximum Gasteiger partial charge on any atom is 0.330 e. The van der Waals surface area contributed by atoms with Crippen LogP contribution in [-0.2, 0) is 21.5 Å². The van der Waals surface area contributed by atoms with Crippen LogP contribution in [-0.4, -0.2) is 22.0 Å². The Kier molecular flexibility index (Phi) is 7.40. The van der Waals surface area contributed by atoms with Crippen molar-refractivity contribution in [1.82, 2.24) is 4.98 Å². The molecular formula is C22H23N5O3S. The Morgan fingerprint density at radius 3 is 2.19 bits per heavy atom. The minimum Gasteiger partial charge on any atom is -0.480 e. The number of nitrogens with two attached hydrogens (primary N) is 2. The van der Waals surface area contributed by atoms with E-state index in [2.05, 4.69) is 4.98 Å². The van der Waals surface area contributed by atoms with E-state index in [9.17, 15) is 25.2 Å². The van der Waals surface area contributed by atoms with Gasteiger partial charge in [-0.25, -0.2) is 9.78 Å². The van der Waals surface area contributed by atoms with Crippen molar-refractivity contribution in [3.8, 4) is 12.1 Å². The number of amides is 1. The van der Waals surface area contributed by atoms with Gasteiger partial charge in [-0.15, -0.1) is 0 Å². The summed E-state index contributed by atoms with van der Waals surface area (Å²) in [4.78, 5) is 28.7. The van der Waals surface area contributed by atoms with E-state index in [1.807, 2.05) is 12.1 Å². The van der Waals surface area contributed by atoms with E-state index in [0.29, 0.717) is 11.1 Å². The summed E-state index contributed by atoms with van der Waals surface area (Å²) in [6.45, 7) is 4.97. The van der Waals surface area contributed by atoms with Crippen LogP contribution in [0.15, 0.2) is 35.4 Å². The minimum absolute atomic E-state index is 0.0302. The molecule has 1 unspecified atom stereocenters. The van der Waals surface area contributed by atoms with Crippen molar-refractivity contribution < 1.29 is 14.7 Å². The quantitative estimate of drug-likeness (QED) is 0.530. The average Bonchev–Trinajstić information content (AvgIpc) is 2.75. The number of benzene rings is 1. The van der Waals surface area contributed by atoms with Gasteiger partial charge >= 0.3 is 5.97 Å². The molecule has 0 fully saturated rings. The van der Waals surface area contributed by atoms with Gasteiger partial charge in [-0.1, -0.05) is 62.9 Å². The summed E-state index contributed by atoms with van der Waals surface area (Å²) in [5.74, 6) is -2.60. The first-order valence-electron chi connectivity index (χ1n) is 9.54. The standard InChI is InChI=1S/C22H23N5O3S/c1-4-14-15(10-23)18(22(26,12(2)3)21(29)30)27-20(16(14)11-24)31-17(19(25)28)13-8-6-5-7-9-13/h5-9,12,17H,4,26H2,1-3H3,(H2,25,28)(H,29,30)/t17?,22-/m0/s1. The summed E-state index contributed by atoms with van der Waals surface area (Å²) in [6.07, 6.45) is 0.273. The van der Waals surface area contributed by atoms with Crippen LogP contribution in [0.1, 0.15) is 54.0 Å². The third kappa shape index (κ3) is 4.38. The number of pyridine rings is 1. The summed E-state index contributed by atoms with van der Waals surface area (Å²) < 4.78 is 0. The number of nitrogens with zero attached hydrogens (tertiary/aromatic N) is 3. The predicted octanol–water partition coefficient (Wildman–Crippen LogP) is 2.60. The zero-order chi connectivity index (χ0) is 23.3. The summed E-state index contributed by atoms with van der Waals surface area (Å²) in [7, 11) is 0. The average molecular weight is 438 g/mol. The number of carbonyl (C=O) groups excluding carboxylic acids is 1. The monoisotopic (exact) mass is 437 g/mol. The van der Waals surface area contributed by atoms with Crippen LogP contribution in [0.5, 0.6) is 0 Å². The van der Waals surface area contributed by atoms with Crippen LogP contribution in [0.25, 0.3) is 0 Å². The normalized spacial score (nSPS) is 13.6. The van der Waals surface area contributed by atoms with Crippen LogP contribution in [0, 0.1) is 28.6 Å². The number of carboxylic acids is 1. The van der Waals surface area contributed by atoms with E-state index in [1.165, 1.54) is 0 Å². The molecule has 0 bridgehead atoms. The minimum atomic E-state index is -1.97. The summed E-state index contributed by atoms with van der Waals surface area (Å²) in [5, 5.41) is 28.7. The predicted molar refractivity (Wildman–Crippen MR) is 116 cm³/mol. The second kappa shape index (κ2) is 9.61. The highest BCUT2D eigenvalue weighted by Crippen LogP contribution is 2.40. The van der Waals surface area contributed by atoms with Gasteiger partial charge in [-0.3, -0.25) is 4.79 Å². The fraction of sp³-hybridized carbons (Fsp3) is 0.318. The van der Waals surface area contributed by atoms with E-state index in [1.54, 1.807) is 51.1 Å². The van der Waals surface area contributed by atoms with E-state index in [4.69, 9.17) is 11.5 Å². The molecule has 1 aromatic carbocycles. The van der Waals surface area contributed by atoms with Crippen LogP contribution < -0.4 is 11.5 Å². The molecule has 9 heteroatoms. The van der Waals surface area contributed by atoms with E-state index < -0.39 is 28.6 Å². The van der Waals surface area contributed by atoms with Crippen molar-refractivity contribution >= 4 is 23.6 Å². The molecule has 31 heavy (non-hydrogen) atoms. The molecule has 160 valence electrons. The molecule has 0 aliphatic heterocycles. The second-order valence-electron chi connectivity index (χ2n) is 7.21. The second-order valence-corrected chi connectivity index (χ2v) is 8.30. The molecule has 0 saturated carbocycles. The molecule has 0 aliphatic rings. The molecule has 1 amide bonds. The smallest absolute Gasteiger partial charge is 0.330 e. The van der Waals surface area contributed by atoms with Gasteiger partial charge in [0.25, 0.3) is 0 Å². The van der Waals surface area contributed by atoms with Gasteiger partial charge in [-0.05, 0) is 23.5 Å². The summed E-state index contributed by atoms with van der Waals surface area (Å²) >= 11 is 0.938. The summed E-state index contributed by atoms with van der Waals surface area (Å²) in [6, 6.07) is 12.8. The van der Waals surface area contributed by atoms with Crippen molar-refractivity contribution in [3.63, 3.8) is 0 Å². The number of nitriles is 2. The van der Waals surface area contributed by atoms with Gasteiger partial charge in [0, 0.05) is 0 Å². The fourth-order valence-corrected chi connectivity index (χ4v) is 4.30. The first kappa shape index (κ1) is 23.9. The van der Waals surface area contributed by atoms with Gasteiger partial charge in [0.1, 0.15) is 22.4 Å². The lowest BCUT2D eigenvalue weighted by Gasteiger charge is -2.30. The molecule has 5 N–H and O–H groups in total. The van der Waals surface area contributed by atoms with E-state index in [0.717, 1.165) is 11.8 Å². The number of thioether (sulfide) groups is 1. The highest BCUT2D eigenvalue weighted by atomic mass is 32.2. The molecule has 2 atom stereocenters. The zero-order valence-electron chi connectivity index (χ0n) is 17.4. The largest absolute Gasteiger partial charge is 0.480 e. The molecule has 1 aromatic heterocycles. The molecular weight excluding hydrogens is 414 g/mol. The Balaban J connectivity index is 2.85. The number of aromatic nitrogens is 1. The SMILES string of the molecule is CCc1c(C#N)c(SC(C(N)=O)c2ccccc2)nc([C@](N)(C(=O)O)C(C)C)c1C#N. The lowest BCUT2D eigenvalue weighted by Crippen LogP contribution is -2.50. The Hall–Kier alpha value is -3.40. The Morgan fingerprint density at radius 2 is 1.77 bits per heavy atom. The van der Waals surface area contributed by atoms with Crippen molar-refractivity contribution in [2.75, 3.05) is 0 Å². The number of carbonyl (C=O) groups is 2. The number of carboxylic acid groups (broad SMARTS) is 1. The molecule has 0 spiro atoms. The van der Waals surface area contributed by atoms with Gasteiger partial charge in [0.05, 0.1) is 16.8 Å². The highest BCUT2D eigenvalue weighted by Gasteiger charge is 2.44. The number of primary amides is 1. The van der Waals surface area contributed by atoms with Crippen molar-refractivity contribution in [2.45, 2.75) is 43.0 Å². The van der Waals surface area contributed by atoms with Crippen LogP contribution >= 0.6 is 11.8 Å². The molecule has 8 nitrogen and oxygen atoms in total. The Morgan fingerprint density at radius 1 is 1.19 bits per heavy atom. The molecule has 2 rings (SSSR count). The lowest BCUT2D eigenvalue weighted by molar-refractivity contribution is -0.145. The molecule has 2 aromatic rings. The first-order chi connectivity index (χ1) is 14.6. The van der Waals surface area contributed by atoms with Crippen LogP contribution in [0.2, 0.25) is 0 Å². The molecule has 0 saturated heterocycles. The van der Waals surface area contributed by atoms with Gasteiger partial charge in [0.2, 0.25) is 5.91 Å². The fourth-order valence-electron chi connectivity index (χ4n) is 3.24. The zero-order valence-corrected chi connectivity index (χ0v) is 18.2. The van der Waals surface area contributed by atoms with Crippen LogP contribution in [0.4, 0.5) is 0 Å². The third-order valence-electron chi connectivity index (χ3n) is 5.09. The van der Waals surface area contributed by atoms with E-state index >= 15 is 0 Å². The topological polar surface area (TPSA) is 167 Å². The number of hydrogen-bond acceptors (Lipinski definition) is 7. The molecule has 0 radical (unpaired) electrons. The maximum atomic E-state index is 12.2. The maximum absolute atomic E-state index is 12.2. The Labute approximate surface area is 184 Å². The van der Waals surface area contributed by atoms with Gasteiger partial charge < -0.3 is 16.6 Å². The van der Waals surface area contributed by atoms with Crippen LogP contribution in [0.3, 0.4) is 0 Å². The van der Waals surface area contributed by atoms with Gasteiger partial charge in [0.15, 0.2) is 5.54 Å². The first-order valence-corrected chi connectivity index (χ1v) is 10.4. The number of aliphatic carboxylic acids is 1. The summed E-state index contributed by atoms with van der Waals surface area (Å²) in [5.41, 5.74) is 10.8. The van der Waals surface area contributed by atoms with Crippen molar-refractivity contribution in [1.29, 1.82) is 10.5 Å². The third-order valence-corrected chi connectivity index (χ3v) is 6.35. The number of hydrogen-bond donors (Lipinski definition) is 3. The molecule has 0 aliphatic carbocycles. The van der Waals surface area contributed by atoms with Gasteiger partial charge in [-0.2, -0.15) is 10.5 Å².